The van der Waals surface area contributed by atoms with Gasteiger partial charge < -0.3 is 13.9 Å². The minimum atomic E-state index is -4.08. The molecule has 0 spiro atoms. The first-order valence-corrected chi connectivity index (χ1v) is 12.2. The zero-order valence-corrected chi connectivity index (χ0v) is 19.1. The van der Waals surface area contributed by atoms with Crippen molar-refractivity contribution in [2.24, 2.45) is 0 Å². The van der Waals surface area contributed by atoms with E-state index in [9.17, 15) is 9.46 Å². The van der Waals surface area contributed by atoms with Gasteiger partial charge in [0.1, 0.15) is 0 Å². The number of phosphoric ester groups is 1. The number of phosphoric acid groups is 1. The molecule has 0 aliphatic carbocycles. The molecule has 1 radical (unpaired) electrons. The summed E-state index contributed by atoms with van der Waals surface area (Å²) in [5.74, 6) is 0. The van der Waals surface area contributed by atoms with E-state index in [4.69, 9.17) is 9.05 Å². The molecule has 0 heterocycles. The van der Waals surface area contributed by atoms with Crippen LogP contribution in [0.15, 0.2) is 0 Å². The summed E-state index contributed by atoms with van der Waals surface area (Å²) in [6.45, 7) is 4.95. The van der Waals surface area contributed by atoms with Gasteiger partial charge in [0.2, 0.25) is 0 Å². The maximum atomic E-state index is 11.6. The van der Waals surface area contributed by atoms with Crippen molar-refractivity contribution >= 4 is 7.82 Å². The number of hydrogen-bond donors (Lipinski definition) is 0. The van der Waals surface area contributed by atoms with Gasteiger partial charge in [-0.1, -0.05) is 104 Å². The Morgan fingerprint density at radius 2 is 0.846 bits per heavy atom. The zero-order chi connectivity index (χ0) is 18.6. The van der Waals surface area contributed by atoms with Crippen LogP contribution in [0, 0.1) is 0 Å². The van der Waals surface area contributed by atoms with E-state index < -0.39 is 7.82 Å². The largest absolute Gasteiger partial charge is 2.00 e. The van der Waals surface area contributed by atoms with Crippen molar-refractivity contribution in [3.63, 3.8) is 0 Å². The third-order valence-electron chi connectivity index (χ3n) is 4.49. The summed E-state index contributed by atoms with van der Waals surface area (Å²) < 4.78 is 21.5. The SMILES string of the molecule is CCCCCCCCCCOP(=O)([O-])OCCCCCCCCCC.[Co+2]. The van der Waals surface area contributed by atoms with Crippen LogP contribution in [0.4, 0.5) is 0 Å². The monoisotopic (exact) mass is 436 g/mol. The van der Waals surface area contributed by atoms with E-state index in [1.165, 1.54) is 64.2 Å². The molecule has 0 aliphatic heterocycles. The van der Waals surface area contributed by atoms with Gasteiger partial charge in [0, 0.05) is 0 Å². The maximum absolute atomic E-state index is 11.6. The minimum absolute atomic E-state index is 0. The van der Waals surface area contributed by atoms with Crippen molar-refractivity contribution in [3.8, 4) is 0 Å². The zero-order valence-electron chi connectivity index (χ0n) is 17.1. The van der Waals surface area contributed by atoms with Crippen LogP contribution in [0.3, 0.4) is 0 Å². The van der Waals surface area contributed by atoms with Crippen LogP contribution in [0.5, 0.6) is 0 Å². The van der Waals surface area contributed by atoms with E-state index in [0.29, 0.717) is 0 Å². The van der Waals surface area contributed by atoms with Gasteiger partial charge in [-0.3, -0.25) is 4.57 Å². The first-order chi connectivity index (χ1) is 12.1. The fraction of sp³-hybridized carbons (Fsp3) is 1.00. The van der Waals surface area contributed by atoms with Crippen molar-refractivity contribution in [2.75, 3.05) is 13.2 Å². The Bertz CT molecular complexity index is 290. The molecule has 0 N–H and O–H groups in total. The molecule has 0 saturated carbocycles. The number of rotatable bonds is 20. The van der Waals surface area contributed by atoms with Crippen LogP contribution in [0.25, 0.3) is 0 Å². The van der Waals surface area contributed by atoms with Gasteiger partial charge in [0.15, 0.2) is 0 Å². The number of hydrogen-bond acceptors (Lipinski definition) is 4. The maximum Gasteiger partial charge on any atom is 2.00 e. The second-order valence-electron chi connectivity index (χ2n) is 7.06. The van der Waals surface area contributed by atoms with Crippen LogP contribution >= 0.6 is 7.82 Å². The Morgan fingerprint density at radius 1 is 0.577 bits per heavy atom. The van der Waals surface area contributed by atoms with Gasteiger partial charge >= 0.3 is 16.8 Å². The molecule has 6 heteroatoms. The predicted molar refractivity (Wildman–Crippen MR) is 105 cm³/mol. The van der Waals surface area contributed by atoms with Crippen LogP contribution in [-0.4, -0.2) is 13.2 Å². The smallest absolute Gasteiger partial charge is 0.756 e. The van der Waals surface area contributed by atoms with E-state index in [1.54, 1.807) is 0 Å². The molecule has 0 aromatic heterocycles. The molecule has 159 valence electrons. The molecule has 0 aromatic rings. The summed E-state index contributed by atoms with van der Waals surface area (Å²) in [6.07, 6.45) is 18.8. The van der Waals surface area contributed by atoms with Gasteiger partial charge in [-0.15, -0.1) is 0 Å². The van der Waals surface area contributed by atoms with E-state index in [2.05, 4.69) is 13.8 Å². The van der Waals surface area contributed by atoms with Gasteiger partial charge in [-0.2, -0.15) is 0 Å². The average Bonchev–Trinajstić information content (AvgIpc) is 2.59. The standard InChI is InChI=1S/C20H43O4P.Co/c1-3-5-7-9-11-13-15-17-19-23-25(21,22)24-20-18-16-14-12-10-8-6-4-2;/h3-20H2,1-2H3,(H,21,22);/q;+2/p-1. The summed E-state index contributed by atoms with van der Waals surface area (Å²) in [7, 11) is -4.08. The Balaban J connectivity index is 0. The summed E-state index contributed by atoms with van der Waals surface area (Å²) in [4.78, 5) is 11.6. The number of unbranched alkanes of at least 4 members (excludes halogenated alkanes) is 14. The van der Waals surface area contributed by atoms with Gasteiger partial charge in [0.05, 0.1) is 13.2 Å². The quantitative estimate of drug-likeness (QED) is 0.156. The Hall–Kier alpha value is 0.616. The molecule has 0 saturated heterocycles. The molecule has 26 heavy (non-hydrogen) atoms. The second kappa shape index (κ2) is 21.9. The van der Waals surface area contributed by atoms with Crippen LogP contribution in [-0.2, 0) is 30.4 Å². The van der Waals surface area contributed by atoms with Crippen LogP contribution in [0.1, 0.15) is 117 Å². The molecular weight excluding hydrogens is 394 g/mol. The third-order valence-corrected chi connectivity index (χ3v) is 5.49. The van der Waals surface area contributed by atoms with E-state index in [-0.39, 0.29) is 30.0 Å². The molecular formula is C20H42CoO4P+. The van der Waals surface area contributed by atoms with Gasteiger partial charge in [0.25, 0.3) is 7.82 Å². The van der Waals surface area contributed by atoms with Crippen molar-refractivity contribution in [3.05, 3.63) is 0 Å². The first-order valence-electron chi connectivity index (χ1n) is 10.7. The van der Waals surface area contributed by atoms with Crippen LogP contribution in [0.2, 0.25) is 0 Å². The van der Waals surface area contributed by atoms with Crippen molar-refractivity contribution in [1.29, 1.82) is 0 Å². The Kier molecular flexibility index (Phi) is 24.3. The molecule has 0 atom stereocenters. The minimum Gasteiger partial charge on any atom is -0.756 e. The first kappa shape index (κ1) is 28.8. The van der Waals surface area contributed by atoms with E-state index >= 15 is 0 Å². The molecule has 0 fully saturated rings. The Morgan fingerprint density at radius 3 is 1.15 bits per heavy atom. The Labute approximate surface area is 173 Å². The molecule has 0 unspecified atom stereocenters. The van der Waals surface area contributed by atoms with Gasteiger partial charge in [-0.25, -0.2) is 0 Å². The predicted octanol–water partition coefficient (Wildman–Crippen LogP) is 6.77. The molecule has 0 bridgehead atoms. The normalized spacial score (nSPS) is 11.5. The van der Waals surface area contributed by atoms with Crippen molar-refractivity contribution in [2.45, 2.75) is 117 Å². The summed E-state index contributed by atoms with van der Waals surface area (Å²) in [5, 5.41) is 0. The fourth-order valence-electron chi connectivity index (χ4n) is 2.86. The second-order valence-corrected chi connectivity index (χ2v) is 8.47. The molecule has 0 aromatic carbocycles. The molecule has 0 aliphatic rings. The van der Waals surface area contributed by atoms with Crippen LogP contribution < -0.4 is 4.89 Å². The van der Waals surface area contributed by atoms with E-state index in [0.717, 1.165) is 38.5 Å². The topological polar surface area (TPSA) is 58.6 Å². The summed E-state index contributed by atoms with van der Waals surface area (Å²) in [5.41, 5.74) is 0. The fourth-order valence-corrected chi connectivity index (χ4v) is 3.64. The summed E-state index contributed by atoms with van der Waals surface area (Å²) >= 11 is 0. The molecule has 0 amide bonds. The summed E-state index contributed by atoms with van der Waals surface area (Å²) in [6, 6.07) is 0. The van der Waals surface area contributed by atoms with Gasteiger partial charge in [-0.05, 0) is 12.8 Å². The van der Waals surface area contributed by atoms with Crippen molar-refractivity contribution in [1.82, 2.24) is 0 Å². The molecule has 0 rings (SSSR count). The third kappa shape index (κ3) is 22.7. The molecule has 4 nitrogen and oxygen atoms in total. The average molecular weight is 436 g/mol. The van der Waals surface area contributed by atoms with Crippen molar-refractivity contribution < 1.29 is 35.3 Å². The van der Waals surface area contributed by atoms with E-state index in [1.807, 2.05) is 0 Å².